The second-order valence-corrected chi connectivity index (χ2v) is 4.35. The van der Waals surface area contributed by atoms with Gasteiger partial charge in [-0.15, -0.1) is 0 Å². The summed E-state index contributed by atoms with van der Waals surface area (Å²) in [6.45, 7) is 1.84. The van der Waals surface area contributed by atoms with Crippen LogP contribution in [0.5, 0.6) is 0 Å². The van der Waals surface area contributed by atoms with Crippen molar-refractivity contribution in [3.63, 3.8) is 0 Å². The van der Waals surface area contributed by atoms with Gasteiger partial charge in [0.15, 0.2) is 6.10 Å². The highest BCUT2D eigenvalue weighted by Crippen LogP contribution is 2.19. The number of aliphatic carboxylic acids is 1. The van der Waals surface area contributed by atoms with E-state index in [1.807, 2.05) is 42.5 Å². The van der Waals surface area contributed by atoms with Crippen LogP contribution < -0.4 is 0 Å². The van der Waals surface area contributed by atoms with Gasteiger partial charge in [0.1, 0.15) is 0 Å². The first-order valence-corrected chi connectivity index (χ1v) is 6.15. The molecule has 0 aliphatic rings. The quantitative estimate of drug-likeness (QED) is 0.892. The van der Waals surface area contributed by atoms with Crippen LogP contribution in [0.15, 0.2) is 54.6 Å². The van der Waals surface area contributed by atoms with Gasteiger partial charge in [-0.1, -0.05) is 54.6 Å². The maximum Gasteiger partial charge on any atom is 0.332 e. The van der Waals surface area contributed by atoms with Gasteiger partial charge in [-0.3, -0.25) is 0 Å². The Morgan fingerprint density at radius 2 is 1.63 bits per heavy atom. The van der Waals surface area contributed by atoms with Gasteiger partial charge < -0.3 is 9.84 Å². The van der Waals surface area contributed by atoms with Crippen molar-refractivity contribution < 1.29 is 14.6 Å². The summed E-state index contributed by atoms with van der Waals surface area (Å²) in [5.41, 5.74) is 3.26. The van der Waals surface area contributed by atoms with E-state index in [-0.39, 0.29) is 0 Å². The minimum absolute atomic E-state index is 0.308. The molecule has 0 amide bonds. The van der Waals surface area contributed by atoms with Crippen LogP contribution >= 0.6 is 0 Å². The molecule has 0 aliphatic heterocycles. The lowest BCUT2D eigenvalue weighted by molar-refractivity contribution is -0.149. The highest BCUT2D eigenvalue weighted by Gasteiger charge is 2.10. The summed E-state index contributed by atoms with van der Waals surface area (Å²) in [6, 6.07) is 18.0. The van der Waals surface area contributed by atoms with Crippen LogP contribution in [0, 0.1) is 0 Å². The predicted octanol–water partition coefficient (Wildman–Crippen LogP) is 3.34. The zero-order valence-electron chi connectivity index (χ0n) is 10.7. The van der Waals surface area contributed by atoms with Crippen molar-refractivity contribution in [2.75, 3.05) is 0 Å². The number of carboxylic acid groups (broad SMARTS) is 1. The maximum atomic E-state index is 10.6. The zero-order valence-corrected chi connectivity index (χ0v) is 10.7. The normalized spacial score (nSPS) is 12.1. The molecule has 0 saturated heterocycles. The minimum atomic E-state index is -0.944. The Balaban J connectivity index is 2.01. The van der Waals surface area contributed by atoms with E-state index in [9.17, 15) is 4.79 Å². The van der Waals surface area contributed by atoms with E-state index in [1.54, 1.807) is 0 Å². The predicted molar refractivity (Wildman–Crippen MR) is 73.8 cm³/mol. The van der Waals surface area contributed by atoms with Crippen LogP contribution in [0.25, 0.3) is 11.1 Å². The molecule has 98 valence electrons. The minimum Gasteiger partial charge on any atom is -0.479 e. The Hall–Kier alpha value is -2.13. The molecule has 2 aromatic carbocycles. The van der Waals surface area contributed by atoms with E-state index in [0.717, 1.165) is 16.7 Å². The van der Waals surface area contributed by atoms with Crippen molar-refractivity contribution in [3.05, 3.63) is 60.2 Å². The van der Waals surface area contributed by atoms with E-state index in [2.05, 4.69) is 12.1 Å². The largest absolute Gasteiger partial charge is 0.479 e. The number of hydrogen-bond donors (Lipinski definition) is 1. The van der Waals surface area contributed by atoms with Crippen molar-refractivity contribution in [1.82, 2.24) is 0 Å². The Kier molecular flexibility index (Phi) is 4.31. The summed E-state index contributed by atoms with van der Waals surface area (Å²) in [5.74, 6) is -0.944. The van der Waals surface area contributed by atoms with Gasteiger partial charge in [0.05, 0.1) is 6.61 Å². The molecule has 0 aromatic heterocycles. The van der Waals surface area contributed by atoms with Gasteiger partial charge in [-0.25, -0.2) is 4.79 Å². The lowest BCUT2D eigenvalue weighted by Crippen LogP contribution is -2.19. The van der Waals surface area contributed by atoms with E-state index in [0.29, 0.717) is 6.61 Å². The summed E-state index contributed by atoms with van der Waals surface area (Å²) in [7, 11) is 0. The van der Waals surface area contributed by atoms with Crippen molar-refractivity contribution in [3.8, 4) is 11.1 Å². The topological polar surface area (TPSA) is 46.5 Å². The summed E-state index contributed by atoms with van der Waals surface area (Å²) >= 11 is 0. The number of rotatable bonds is 5. The molecule has 0 heterocycles. The standard InChI is InChI=1S/C16H16O3/c1-12(16(17)18)19-11-13-7-9-15(10-8-13)14-5-3-2-4-6-14/h2-10,12H,11H2,1H3,(H,17,18)/t12-/m1/s1. The third-order valence-electron chi connectivity index (χ3n) is 2.91. The lowest BCUT2D eigenvalue weighted by atomic mass is 10.0. The Morgan fingerprint density at radius 1 is 1.05 bits per heavy atom. The molecule has 0 aliphatic carbocycles. The van der Waals surface area contributed by atoms with Crippen molar-refractivity contribution in [1.29, 1.82) is 0 Å². The van der Waals surface area contributed by atoms with Crippen LogP contribution in [-0.2, 0) is 16.1 Å². The molecule has 1 atom stereocenters. The van der Waals surface area contributed by atoms with Crippen molar-refractivity contribution in [2.45, 2.75) is 19.6 Å². The fourth-order valence-corrected chi connectivity index (χ4v) is 1.72. The highest BCUT2D eigenvalue weighted by molar-refractivity contribution is 5.71. The van der Waals surface area contributed by atoms with Gasteiger partial charge in [-0.2, -0.15) is 0 Å². The van der Waals surface area contributed by atoms with Crippen LogP contribution in [0.3, 0.4) is 0 Å². The van der Waals surface area contributed by atoms with E-state index >= 15 is 0 Å². The molecule has 2 aromatic rings. The number of ether oxygens (including phenoxy) is 1. The molecule has 19 heavy (non-hydrogen) atoms. The average molecular weight is 256 g/mol. The van der Waals surface area contributed by atoms with Gasteiger partial charge in [0.2, 0.25) is 0 Å². The molecule has 0 radical (unpaired) electrons. The second kappa shape index (κ2) is 6.16. The van der Waals surface area contributed by atoms with Gasteiger partial charge in [0.25, 0.3) is 0 Å². The average Bonchev–Trinajstić information content (AvgIpc) is 2.46. The Labute approximate surface area is 112 Å². The molecule has 0 fully saturated rings. The monoisotopic (exact) mass is 256 g/mol. The van der Waals surface area contributed by atoms with Gasteiger partial charge in [0, 0.05) is 0 Å². The Bertz CT molecular complexity index is 532. The summed E-state index contributed by atoms with van der Waals surface area (Å²) in [5, 5.41) is 8.73. The number of hydrogen-bond acceptors (Lipinski definition) is 2. The molecular formula is C16H16O3. The second-order valence-electron chi connectivity index (χ2n) is 4.35. The SMILES string of the molecule is C[C@@H](OCc1ccc(-c2ccccc2)cc1)C(=O)O. The van der Waals surface area contributed by atoms with Crippen LogP contribution in [0.4, 0.5) is 0 Å². The van der Waals surface area contributed by atoms with Crippen LogP contribution in [0.2, 0.25) is 0 Å². The number of carbonyl (C=O) groups is 1. The molecule has 3 nitrogen and oxygen atoms in total. The maximum absolute atomic E-state index is 10.6. The van der Waals surface area contributed by atoms with Crippen LogP contribution in [0.1, 0.15) is 12.5 Å². The fraction of sp³-hybridized carbons (Fsp3) is 0.188. The smallest absolute Gasteiger partial charge is 0.332 e. The zero-order chi connectivity index (χ0) is 13.7. The van der Waals surface area contributed by atoms with E-state index in [4.69, 9.17) is 9.84 Å². The summed E-state index contributed by atoms with van der Waals surface area (Å²) in [6.07, 6.45) is -0.784. The van der Waals surface area contributed by atoms with Crippen molar-refractivity contribution in [2.24, 2.45) is 0 Å². The molecule has 0 saturated carbocycles. The molecule has 0 spiro atoms. The Morgan fingerprint density at radius 3 is 2.21 bits per heavy atom. The third kappa shape index (κ3) is 3.66. The first-order chi connectivity index (χ1) is 9.16. The van der Waals surface area contributed by atoms with Gasteiger partial charge in [-0.05, 0) is 23.6 Å². The molecule has 0 bridgehead atoms. The van der Waals surface area contributed by atoms with E-state index in [1.165, 1.54) is 6.92 Å². The summed E-state index contributed by atoms with van der Waals surface area (Å²) in [4.78, 5) is 10.6. The molecule has 0 unspecified atom stereocenters. The molecule has 1 N–H and O–H groups in total. The third-order valence-corrected chi connectivity index (χ3v) is 2.91. The first kappa shape index (κ1) is 13.3. The number of carboxylic acids is 1. The van der Waals surface area contributed by atoms with Crippen LogP contribution in [-0.4, -0.2) is 17.2 Å². The highest BCUT2D eigenvalue weighted by atomic mass is 16.5. The molecule has 2 rings (SSSR count). The molecular weight excluding hydrogens is 240 g/mol. The fourth-order valence-electron chi connectivity index (χ4n) is 1.72. The first-order valence-electron chi connectivity index (χ1n) is 6.15. The van der Waals surface area contributed by atoms with Crippen molar-refractivity contribution >= 4 is 5.97 Å². The van der Waals surface area contributed by atoms with E-state index < -0.39 is 12.1 Å². The van der Waals surface area contributed by atoms with Gasteiger partial charge >= 0.3 is 5.97 Å². The molecule has 3 heteroatoms. The number of benzene rings is 2. The summed E-state index contributed by atoms with van der Waals surface area (Å²) < 4.78 is 5.24. The lowest BCUT2D eigenvalue weighted by Gasteiger charge is -2.09.